The van der Waals surface area contributed by atoms with E-state index < -0.39 is 0 Å². The lowest BCUT2D eigenvalue weighted by Gasteiger charge is -2.17. The van der Waals surface area contributed by atoms with Crippen LogP contribution in [0.3, 0.4) is 0 Å². The minimum Gasteiger partial charge on any atom is -0.489 e. The summed E-state index contributed by atoms with van der Waals surface area (Å²) in [5.41, 5.74) is 4.00. The number of nitrogens with zero attached hydrogens (tertiary/aromatic N) is 1. The molecule has 2 aromatic carbocycles. The summed E-state index contributed by atoms with van der Waals surface area (Å²) >= 11 is 0. The molecule has 0 saturated heterocycles. The number of likely N-dealkylation sites (N-methyl/N-ethyl adjacent to an activating group) is 1. The highest BCUT2D eigenvalue weighted by atomic mass is 16.5. The first kappa shape index (κ1) is 17.2. The van der Waals surface area contributed by atoms with Crippen molar-refractivity contribution in [3.63, 3.8) is 0 Å². The third-order valence-electron chi connectivity index (χ3n) is 4.81. The quantitative estimate of drug-likeness (QED) is 0.702. The highest BCUT2D eigenvalue weighted by molar-refractivity contribution is 6.03. The van der Waals surface area contributed by atoms with Crippen LogP contribution in [0.5, 0.6) is 5.75 Å². The van der Waals surface area contributed by atoms with Gasteiger partial charge in [-0.05, 0) is 49.2 Å². The molecule has 1 aliphatic heterocycles. The second-order valence-electron chi connectivity index (χ2n) is 6.50. The highest BCUT2D eigenvalue weighted by Crippen LogP contribution is 2.30. The van der Waals surface area contributed by atoms with Gasteiger partial charge >= 0.3 is 0 Å². The van der Waals surface area contributed by atoms with Crippen LogP contribution < -0.4 is 15.0 Å². The largest absolute Gasteiger partial charge is 0.489 e. The topological polar surface area (TPSA) is 54.7 Å². The summed E-state index contributed by atoms with van der Waals surface area (Å²) in [5.74, 6) is 0.759. The fourth-order valence-corrected chi connectivity index (χ4v) is 3.37. The van der Waals surface area contributed by atoms with E-state index in [1.807, 2.05) is 42.5 Å². The maximum absolute atomic E-state index is 12.7. The van der Waals surface area contributed by atoms with E-state index in [9.17, 15) is 4.79 Å². The number of hydrogen-bond donors (Lipinski definition) is 1. The van der Waals surface area contributed by atoms with Crippen molar-refractivity contribution in [2.45, 2.75) is 20.0 Å². The summed E-state index contributed by atoms with van der Waals surface area (Å²) in [6, 6.07) is 17.3. The zero-order valence-corrected chi connectivity index (χ0v) is 15.3. The SMILES string of the molecule is CCN1CCc2ccc(NC(=O)c3occc3COc3ccccc3)cc21. The van der Waals surface area contributed by atoms with Crippen LogP contribution in [0.1, 0.15) is 28.6 Å². The molecule has 0 bridgehead atoms. The van der Waals surface area contributed by atoms with Gasteiger partial charge in [-0.2, -0.15) is 0 Å². The Balaban J connectivity index is 1.46. The van der Waals surface area contributed by atoms with Gasteiger partial charge in [-0.3, -0.25) is 4.79 Å². The monoisotopic (exact) mass is 362 g/mol. The van der Waals surface area contributed by atoms with Crippen molar-refractivity contribution in [2.75, 3.05) is 23.3 Å². The van der Waals surface area contributed by atoms with Gasteiger partial charge in [0.2, 0.25) is 0 Å². The standard InChI is InChI=1S/C22H22N2O3/c1-2-24-12-10-16-8-9-18(14-20(16)24)23-22(25)21-17(11-13-26-21)15-27-19-6-4-3-5-7-19/h3-9,11,13-14H,2,10,12,15H2,1H3,(H,23,25). The predicted octanol–water partition coefficient (Wildman–Crippen LogP) is 4.49. The van der Waals surface area contributed by atoms with E-state index in [1.54, 1.807) is 6.07 Å². The molecule has 5 nitrogen and oxygen atoms in total. The number of furan rings is 1. The van der Waals surface area contributed by atoms with Crippen LogP contribution in [0.2, 0.25) is 0 Å². The number of hydrogen-bond acceptors (Lipinski definition) is 4. The molecule has 138 valence electrons. The van der Waals surface area contributed by atoms with Crippen molar-refractivity contribution in [2.24, 2.45) is 0 Å². The molecule has 0 unspecified atom stereocenters. The Bertz CT molecular complexity index is 934. The number of anilines is 2. The molecular formula is C22H22N2O3. The maximum atomic E-state index is 12.7. The van der Waals surface area contributed by atoms with Gasteiger partial charge in [0.05, 0.1) is 6.26 Å². The van der Waals surface area contributed by atoms with Crippen molar-refractivity contribution in [1.82, 2.24) is 0 Å². The molecule has 1 N–H and O–H groups in total. The minimum absolute atomic E-state index is 0.271. The van der Waals surface area contributed by atoms with Crippen LogP contribution >= 0.6 is 0 Å². The number of ether oxygens (including phenoxy) is 1. The van der Waals surface area contributed by atoms with Crippen molar-refractivity contribution >= 4 is 17.3 Å². The summed E-state index contributed by atoms with van der Waals surface area (Å²) in [4.78, 5) is 15.0. The highest BCUT2D eigenvalue weighted by Gasteiger charge is 2.20. The molecule has 27 heavy (non-hydrogen) atoms. The van der Waals surface area contributed by atoms with E-state index in [-0.39, 0.29) is 18.3 Å². The number of carbonyl (C=O) groups is 1. The van der Waals surface area contributed by atoms with Crippen LogP contribution in [0.4, 0.5) is 11.4 Å². The molecule has 0 atom stereocenters. The molecule has 3 aromatic rings. The first-order valence-electron chi connectivity index (χ1n) is 9.18. The van der Waals surface area contributed by atoms with Crippen molar-refractivity contribution < 1.29 is 13.9 Å². The fraction of sp³-hybridized carbons (Fsp3) is 0.227. The molecule has 0 radical (unpaired) electrons. The number of nitrogens with one attached hydrogen (secondary N) is 1. The second-order valence-corrected chi connectivity index (χ2v) is 6.50. The lowest BCUT2D eigenvalue weighted by atomic mass is 10.1. The minimum atomic E-state index is -0.271. The van der Waals surface area contributed by atoms with Crippen LogP contribution in [-0.4, -0.2) is 19.0 Å². The first-order valence-corrected chi connectivity index (χ1v) is 9.18. The van der Waals surface area contributed by atoms with E-state index >= 15 is 0 Å². The van der Waals surface area contributed by atoms with Gasteiger partial charge in [0, 0.05) is 30.0 Å². The lowest BCUT2D eigenvalue weighted by Crippen LogP contribution is -2.19. The zero-order valence-electron chi connectivity index (χ0n) is 15.3. The molecule has 0 saturated carbocycles. The third-order valence-corrected chi connectivity index (χ3v) is 4.81. The van der Waals surface area contributed by atoms with E-state index in [2.05, 4.69) is 23.2 Å². The summed E-state index contributed by atoms with van der Waals surface area (Å²) in [6.07, 6.45) is 2.57. The van der Waals surface area contributed by atoms with Crippen LogP contribution in [0.25, 0.3) is 0 Å². The Morgan fingerprint density at radius 3 is 2.85 bits per heavy atom. The normalized spacial score (nSPS) is 12.7. The number of amides is 1. The van der Waals surface area contributed by atoms with Gasteiger partial charge in [-0.1, -0.05) is 24.3 Å². The van der Waals surface area contributed by atoms with Crippen LogP contribution in [0, 0.1) is 0 Å². The summed E-state index contributed by atoms with van der Waals surface area (Å²) < 4.78 is 11.2. The van der Waals surface area contributed by atoms with Crippen molar-refractivity contribution in [1.29, 1.82) is 0 Å². The molecule has 1 amide bonds. The Kier molecular flexibility index (Phi) is 4.83. The predicted molar refractivity (Wildman–Crippen MR) is 105 cm³/mol. The summed E-state index contributed by atoms with van der Waals surface area (Å²) in [7, 11) is 0. The molecule has 2 heterocycles. The van der Waals surface area contributed by atoms with E-state index in [1.165, 1.54) is 17.5 Å². The zero-order chi connectivity index (χ0) is 18.6. The number of benzene rings is 2. The van der Waals surface area contributed by atoms with Gasteiger partial charge in [-0.25, -0.2) is 0 Å². The molecule has 4 rings (SSSR count). The molecule has 1 aliphatic rings. The van der Waals surface area contributed by atoms with E-state index in [4.69, 9.17) is 9.15 Å². The third kappa shape index (κ3) is 3.67. The van der Waals surface area contributed by atoms with Crippen molar-refractivity contribution in [3.8, 4) is 5.75 Å². The smallest absolute Gasteiger partial charge is 0.291 e. The molecular weight excluding hydrogens is 340 g/mol. The van der Waals surface area contributed by atoms with Gasteiger partial charge in [0.15, 0.2) is 5.76 Å². The summed E-state index contributed by atoms with van der Waals surface area (Å²) in [6.45, 7) is 4.41. The Hall–Kier alpha value is -3.21. The van der Waals surface area contributed by atoms with Crippen LogP contribution in [-0.2, 0) is 13.0 Å². The van der Waals surface area contributed by atoms with E-state index in [0.717, 1.165) is 30.9 Å². The number of fused-ring (bicyclic) bond motifs is 1. The molecule has 1 aromatic heterocycles. The van der Waals surface area contributed by atoms with E-state index in [0.29, 0.717) is 5.56 Å². The molecule has 0 spiro atoms. The van der Waals surface area contributed by atoms with Gasteiger partial charge in [-0.15, -0.1) is 0 Å². The maximum Gasteiger partial charge on any atom is 0.291 e. The van der Waals surface area contributed by atoms with Gasteiger partial charge in [0.1, 0.15) is 12.4 Å². The molecule has 0 fully saturated rings. The molecule has 0 aliphatic carbocycles. The Morgan fingerprint density at radius 1 is 1.19 bits per heavy atom. The number of rotatable bonds is 6. The Labute approximate surface area is 158 Å². The average Bonchev–Trinajstić information content (AvgIpc) is 3.33. The van der Waals surface area contributed by atoms with Crippen molar-refractivity contribution in [3.05, 3.63) is 77.7 Å². The number of carbonyl (C=O) groups excluding carboxylic acids is 1. The average molecular weight is 362 g/mol. The van der Waals surface area contributed by atoms with Crippen LogP contribution in [0.15, 0.2) is 65.3 Å². The Morgan fingerprint density at radius 2 is 2.04 bits per heavy atom. The van der Waals surface area contributed by atoms with Gasteiger partial charge in [0.25, 0.3) is 5.91 Å². The second kappa shape index (κ2) is 7.58. The lowest BCUT2D eigenvalue weighted by molar-refractivity contribution is 0.0993. The molecule has 5 heteroatoms. The summed E-state index contributed by atoms with van der Waals surface area (Å²) in [5, 5.41) is 2.94. The first-order chi connectivity index (χ1) is 13.2. The number of para-hydroxylation sites is 1. The van der Waals surface area contributed by atoms with Gasteiger partial charge < -0.3 is 19.4 Å². The fourth-order valence-electron chi connectivity index (χ4n) is 3.37.